The zero-order valence-electron chi connectivity index (χ0n) is 8.60. The summed E-state index contributed by atoms with van der Waals surface area (Å²) in [5, 5.41) is 9.75. The Bertz CT molecular complexity index is 490. The molecule has 0 spiro atoms. The van der Waals surface area contributed by atoms with Gasteiger partial charge in [-0.2, -0.15) is 0 Å². The van der Waals surface area contributed by atoms with Crippen LogP contribution < -0.4 is 5.73 Å². The number of rotatable bonds is 3. The lowest BCUT2D eigenvalue weighted by Gasteiger charge is -2.04. The first kappa shape index (κ1) is 12.3. The molecule has 0 saturated carbocycles. The van der Waals surface area contributed by atoms with Crippen LogP contribution in [0.2, 0.25) is 0 Å². The molecule has 0 aliphatic rings. The molecule has 82 valence electrons. The highest BCUT2D eigenvalue weighted by molar-refractivity contribution is 5.84. The summed E-state index contributed by atoms with van der Waals surface area (Å²) in [4.78, 5) is 13.7. The second kappa shape index (κ2) is 4.81. The van der Waals surface area contributed by atoms with E-state index < -0.39 is 12.0 Å². The van der Waals surface area contributed by atoms with Crippen LogP contribution in [0.3, 0.4) is 0 Å². The second-order valence-electron chi connectivity index (χ2n) is 3.51. The number of carboxylic acids is 1. The number of nitrogens with two attached hydrogens (primary N) is 1. The van der Waals surface area contributed by atoms with E-state index in [0.717, 1.165) is 16.5 Å². The number of carbonyl (C=O) groups is 1. The molecule has 0 saturated heterocycles. The normalized spacial score (nSPS) is 12.1. The van der Waals surface area contributed by atoms with Gasteiger partial charge in [0.05, 0.1) is 0 Å². The van der Waals surface area contributed by atoms with Crippen molar-refractivity contribution in [3.8, 4) is 0 Å². The lowest BCUT2D eigenvalue weighted by molar-refractivity contribution is -0.138. The molecule has 0 amide bonds. The second-order valence-corrected chi connectivity index (χ2v) is 3.51. The van der Waals surface area contributed by atoms with E-state index in [-0.39, 0.29) is 7.43 Å². The number of hydrogen-bond acceptors (Lipinski definition) is 2. The molecule has 1 aromatic heterocycles. The highest BCUT2D eigenvalue weighted by atomic mass is 16.4. The fourth-order valence-electron chi connectivity index (χ4n) is 1.62. The topological polar surface area (TPSA) is 79.1 Å². The highest BCUT2D eigenvalue weighted by Gasteiger charge is 2.14. The summed E-state index contributed by atoms with van der Waals surface area (Å²) < 4.78 is 0. The van der Waals surface area contributed by atoms with Crippen LogP contribution in [-0.2, 0) is 11.2 Å². The van der Waals surface area contributed by atoms with Crippen molar-refractivity contribution in [2.24, 2.45) is 5.73 Å². The molecule has 4 N–H and O–H groups in total. The maximum absolute atomic E-state index is 10.6. The minimum atomic E-state index is -0.972. The molecule has 2 aromatic rings. The summed E-state index contributed by atoms with van der Waals surface area (Å²) >= 11 is 0. The summed E-state index contributed by atoms with van der Waals surface area (Å²) in [7, 11) is 0. The summed E-state index contributed by atoms with van der Waals surface area (Å²) in [6.45, 7) is 0. The molecular weight excluding hydrogens is 204 g/mol. The number of nitrogens with one attached hydrogen (secondary N) is 1. The number of fused-ring (bicyclic) bond motifs is 1. The lowest BCUT2D eigenvalue weighted by atomic mass is 10.1. The Labute approximate surface area is 94.1 Å². The van der Waals surface area contributed by atoms with Crippen molar-refractivity contribution in [1.82, 2.24) is 4.98 Å². The van der Waals surface area contributed by atoms with Gasteiger partial charge < -0.3 is 15.8 Å². The van der Waals surface area contributed by atoms with Crippen molar-refractivity contribution in [2.45, 2.75) is 12.5 Å². The van der Waals surface area contributed by atoms with E-state index >= 15 is 0 Å². The first-order chi connectivity index (χ1) is 7.18. The van der Waals surface area contributed by atoms with Crippen LogP contribution in [0.5, 0.6) is 0 Å². The molecule has 0 aliphatic carbocycles. The molecule has 0 unspecified atom stereocenters. The SMILES string of the molecule is N[C@@H](Cc1c[nH]c2ccccc12)C(=O)O.[C]. The smallest absolute Gasteiger partial charge is 0.320 e. The van der Waals surface area contributed by atoms with Crippen LogP contribution in [0.25, 0.3) is 10.9 Å². The van der Waals surface area contributed by atoms with Gasteiger partial charge in [-0.25, -0.2) is 0 Å². The molecule has 4 radical (unpaired) electrons. The molecule has 0 bridgehead atoms. The van der Waals surface area contributed by atoms with E-state index in [0.29, 0.717) is 6.42 Å². The van der Waals surface area contributed by atoms with Crippen LogP contribution in [0.4, 0.5) is 0 Å². The van der Waals surface area contributed by atoms with Crippen molar-refractivity contribution in [1.29, 1.82) is 0 Å². The number of para-hydroxylation sites is 1. The number of carboxylic acid groups (broad SMARTS) is 1. The van der Waals surface area contributed by atoms with Crippen molar-refractivity contribution in [2.75, 3.05) is 0 Å². The van der Waals surface area contributed by atoms with Crippen LogP contribution in [0.1, 0.15) is 5.56 Å². The van der Waals surface area contributed by atoms with Crippen molar-refractivity contribution in [3.63, 3.8) is 0 Å². The number of aromatic amines is 1. The molecule has 1 heterocycles. The van der Waals surface area contributed by atoms with Gasteiger partial charge in [-0.05, 0) is 11.6 Å². The maximum Gasteiger partial charge on any atom is 0.320 e. The maximum atomic E-state index is 10.6. The minimum Gasteiger partial charge on any atom is -0.480 e. The first-order valence-electron chi connectivity index (χ1n) is 4.72. The molecule has 16 heavy (non-hydrogen) atoms. The third kappa shape index (κ3) is 2.23. The van der Waals surface area contributed by atoms with E-state index in [2.05, 4.69) is 4.98 Å². The first-order valence-corrected chi connectivity index (χ1v) is 4.72. The summed E-state index contributed by atoms with van der Waals surface area (Å²) in [5.41, 5.74) is 7.43. The Hall–Kier alpha value is -1.81. The molecule has 0 fully saturated rings. The van der Waals surface area contributed by atoms with Gasteiger partial charge in [0.25, 0.3) is 0 Å². The average Bonchev–Trinajstić information content (AvgIpc) is 2.62. The number of hydrogen-bond donors (Lipinski definition) is 3. The molecule has 2 rings (SSSR count). The Morgan fingerprint density at radius 1 is 1.44 bits per heavy atom. The zero-order chi connectivity index (χ0) is 10.8. The fourth-order valence-corrected chi connectivity index (χ4v) is 1.62. The Balaban J connectivity index is 0.00000128. The quantitative estimate of drug-likeness (QED) is 0.721. The summed E-state index contributed by atoms with van der Waals surface area (Å²) in [6, 6.07) is 6.91. The van der Waals surface area contributed by atoms with Crippen LogP contribution >= 0.6 is 0 Å². The Morgan fingerprint density at radius 3 is 2.81 bits per heavy atom. The van der Waals surface area contributed by atoms with Gasteiger partial charge in [-0.1, -0.05) is 18.2 Å². The van der Waals surface area contributed by atoms with Gasteiger partial charge in [0, 0.05) is 30.9 Å². The third-order valence-corrected chi connectivity index (χ3v) is 2.43. The van der Waals surface area contributed by atoms with Crippen LogP contribution in [0, 0.1) is 7.43 Å². The monoisotopic (exact) mass is 216 g/mol. The van der Waals surface area contributed by atoms with Gasteiger partial charge in [0.15, 0.2) is 0 Å². The van der Waals surface area contributed by atoms with E-state index in [1.165, 1.54) is 0 Å². The van der Waals surface area contributed by atoms with Crippen LogP contribution in [0.15, 0.2) is 30.5 Å². The molecule has 1 atom stereocenters. The zero-order valence-corrected chi connectivity index (χ0v) is 8.60. The van der Waals surface area contributed by atoms with Gasteiger partial charge >= 0.3 is 5.97 Å². The Morgan fingerprint density at radius 2 is 2.12 bits per heavy atom. The van der Waals surface area contributed by atoms with E-state index in [1.807, 2.05) is 30.5 Å². The van der Waals surface area contributed by atoms with Crippen LogP contribution in [-0.4, -0.2) is 22.1 Å². The number of benzene rings is 1. The minimum absolute atomic E-state index is 0. The van der Waals surface area contributed by atoms with Crippen molar-refractivity contribution < 1.29 is 9.90 Å². The standard InChI is InChI=1S/C11H12N2O2.C/c12-9(11(14)15)5-7-6-13-10-4-2-1-3-8(7)10;/h1-4,6,9,13H,5,12H2,(H,14,15);/t9-;/m0./s1. The van der Waals surface area contributed by atoms with E-state index in [1.54, 1.807) is 0 Å². The van der Waals surface area contributed by atoms with Crippen molar-refractivity contribution >= 4 is 16.9 Å². The fraction of sp³-hybridized carbons (Fsp3) is 0.167. The van der Waals surface area contributed by atoms with Gasteiger partial charge in [0.1, 0.15) is 6.04 Å². The predicted octanol–water partition coefficient (Wildman–Crippen LogP) is 1.20. The highest BCUT2D eigenvalue weighted by Crippen LogP contribution is 2.18. The predicted molar refractivity (Wildman–Crippen MR) is 60.9 cm³/mol. The van der Waals surface area contributed by atoms with Gasteiger partial charge in [-0.15, -0.1) is 0 Å². The number of aromatic nitrogens is 1. The molecule has 0 aliphatic heterocycles. The van der Waals surface area contributed by atoms with Gasteiger partial charge in [0.2, 0.25) is 0 Å². The van der Waals surface area contributed by atoms with E-state index in [4.69, 9.17) is 10.8 Å². The van der Waals surface area contributed by atoms with Crippen molar-refractivity contribution in [3.05, 3.63) is 43.5 Å². The van der Waals surface area contributed by atoms with Gasteiger partial charge in [-0.3, -0.25) is 4.79 Å². The molecule has 4 heteroatoms. The number of H-pyrrole nitrogens is 1. The summed E-state index contributed by atoms with van der Waals surface area (Å²) in [5.74, 6) is -0.972. The lowest BCUT2D eigenvalue weighted by Crippen LogP contribution is -2.32. The van der Waals surface area contributed by atoms with E-state index in [9.17, 15) is 4.79 Å². The number of aliphatic carboxylic acids is 1. The summed E-state index contributed by atoms with van der Waals surface area (Å²) in [6.07, 6.45) is 2.16. The molecular formula is C12H12N2O2. The Kier molecular flexibility index (Phi) is 3.68. The third-order valence-electron chi connectivity index (χ3n) is 2.43. The molecule has 4 nitrogen and oxygen atoms in total. The average molecular weight is 216 g/mol. The largest absolute Gasteiger partial charge is 0.480 e. The molecule has 1 aromatic carbocycles.